The normalized spacial score (nSPS) is 14.2. The summed E-state index contributed by atoms with van der Waals surface area (Å²) in [7, 11) is 4.73. The molecule has 0 bridgehead atoms. The molecule has 3 aromatic rings. The summed E-state index contributed by atoms with van der Waals surface area (Å²) in [6.07, 6.45) is -2.84. The molecule has 1 N–H and O–H groups in total. The number of hydrogen-bond donors (Lipinski definition) is 1. The fraction of sp³-hybridized carbons (Fsp3) is 0.357. The van der Waals surface area contributed by atoms with Gasteiger partial charge in [0, 0.05) is 18.3 Å². The zero-order valence-corrected chi connectivity index (χ0v) is 21.1. The lowest BCUT2D eigenvalue weighted by Gasteiger charge is -2.36. The van der Waals surface area contributed by atoms with Crippen LogP contribution in [0.1, 0.15) is 18.4 Å². The molecule has 6 nitrogen and oxygen atoms in total. The van der Waals surface area contributed by atoms with E-state index in [1.54, 1.807) is 33.5 Å². The van der Waals surface area contributed by atoms with E-state index in [2.05, 4.69) is 27.1 Å². The highest BCUT2D eigenvalue weighted by Gasteiger charge is 2.31. The molecule has 1 saturated heterocycles. The molecule has 1 heterocycles. The molecule has 9 heteroatoms. The number of nitrogens with zero attached hydrogens (tertiary/aromatic N) is 1. The molecule has 0 unspecified atom stereocenters. The maximum atomic E-state index is 12.6. The third-order valence-corrected chi connectivity index (χ3v) is 6.43. The zero-order valence-electron chi connectivity index (χ0n) is 21.1. The summed E-state index contributed by atoms with van der Waals surface area (Å²) in [5.74, 6) is 1.44. The maximum absolute atomic E-state index is 12.6. The van der Waals surface area contributed by atoms with Gasteiger partial charge < -0.3 is 29.2 Å². The maximum Gasteiger partial charge on any atom is 0.573 e. The van der Waals surface area contributed by atoms with Crippen molar-refractivity contribution in [3.8, 4) is 34.1 Å². The molecule has 0 aliphatic carbocycles. The predicted molar refractivity (Wildman–Crippen MR) is 137 cm³/mol. The van der Waals surface area contributed by atoms with E-state index in [4.69, 9.17) is 14.2 Å². The van der Waals surface area contributed by atoms with Gasteiger partial charge in [0.25, 0.3) is 0 Å². The van der Waals surface area contributed by atoms with Crippen LogP contribution in [0.5, 0.6) is 23.0 Å². The Morgan fingerprint density at radius 2 is 1.49 bits per heavy atom. The van der Waals surface area contributed by atoms with Crippen LogP contribution in [-0.2, 0) is 6.54 Å². The monoisotopic (exact) mass is 516 g/mol. The van der Waals surface area contributed by atoms with Crippen molar-refractivity contribution in [3.05, 3.63) is 66.2 Å². The molecular weight excluding hydrogens is 485 g/mol. The number of rotatable bonds is 9. The van der Waals surface area contributed by atoms with Crippen molar-refractivity contribution in [2.75, 3.05) is 39.3 Å². The van der Waals surface area contributed by atoms with Gasteiger partial charge in [-0.15, -0.1) is 13.2 Å². The quantitative estimate of drug-likeness (QED) is 0.375. The molecule has 0 atom stereocenters. The summed E-state index contributed by atoms with van der Waals surface area (Å²) in [4.78, 5) is 2.26. The molecule has 0 saturated carbocycles. The van der Waals surface area contributed by atoms with Gasteiger partial charge in [-0.25, -0.2) is 0 Å². The Bertz CT molecular complexity index is 1150. The third kappa shape index (κ3) is 6.60. The van der Waals surface area contributed by atoms with Gasteiger partial charge in [-0.3, -0.25) is 0 Å². The van der Waals surface area contributed by atoms with Crippen LogP contribution in [0.3, 0.4) is 0 Å². The van der Waals surface area contributed by atoms with Crippen LogP contribution in [0.2, 0.25) is 0 Å². The first kappa shape index (κ1) is 26.5. The second-order valence-corrected chi connectivity index (χ2v) is 8.77. The van der Waals surface area contributed by atoms with Crippen LogP contribution in [0.25, 0.3) is 11.1 Å². The average molecular weight is 517 g/mol. The van der Waals surface area contributed by atoms with E-state index in [1.807, 2.05) is 24.3 Å². The van der Waals surface area contributed by atoms with Crippen LogP contribution in [0.4, 0.5) is 18.9 Å². The van der Waals surface area contributed by atoms with Crippen molar-refractivity contribution in [2.24, 2.45) is 0 Å². The van der Waals surface area contributed by atoms with Crippen LogP contribution in [0, 0.1) is 0 Å². The van der Waals surface area contributed by atoms with Crippen LogP contribution < -0.4 is 29.2 Å². The molecule has 0 aromatic heterocycles. The van der Waals surface area contributed by atoms with Crippen molar-refractivity contribution in [1.29, 1.82) is 0 Å². The molecule has 0 radical (unpaired) electrons. The van der Waals surface area contributed by atoms with Crippen molar-refractivity contribution >= 4 is 5.69 Å². The van der Waals surface area contributed by atoms with Gasteiger partial charge >= 0.3 is 6.36 Å². The predicted octanol–water partition coefficient (Wildman–Crippen LogP) is 6.04. The second kappa shape index (κ2) is 11.6. The van der Waals surface area contributed by atoms with Gasteiger partial charge in [-0.1, -0.05) is 18.2 Å². The van der Waals surface area contributed by atoms with Gasteiger partial charge in [0.15, 0.2) is 11.5 Å². The van der Waals surface area contributed by atoms with Gasteiger partial charge in [-0.05, 0) is 85.1 Å². The Hall–Kier alpha value is -3.59. The number of halogens is 3. The van der Waals surface area contributed by atoms with Crippen molar-refractivity contribution in [2.45, 2.75) is 31.8 Å². The first-order chi connectivity index (χ1) is 17.8. The largest absolute Gasteiger partial charge is 0.573 e. The average Bonchev–Trinajstić information content (AvgIpc) is 2.91. The molecule has 0 spiro atoms. The molecule has 198 valence electrons. The lowest BCUT2D eigenvalue weighted by molar-refractivity contribution is -0.274. The Labute approximate surface area is 214 Å². The number of piperidine rings is 1. The minimum absolute atomic E-state index is 0.231. The summed E-state index contributed by atoms with van der Waals surface area (Å²) in [6.45, 7) is 2.38. The molecule has 37 heavy (non-hydrogen) atoms. The molecule has 1 fully saturated rings. The fourth-order valence-electron chi connectivity index (χ4n) is 4.68. The van der Waals surface area contributed by atoms with E-state index < -0.39 is 6.36 Å². The van der Waals surface area contributed by atoms with E-state index in [9.17, 15) is 13.2 Å². The number of benzene rings is 3. The van der Waals surface area contributed by atoms with Crippen molar-refractivity contribution in [1.82, 2.24) is 5.32 Å². The van der Waals surface area contributed by atoms with E-state index in [-0.39, 0.29) is 11.8 Å². The SMILES string of the molecule is COc1cc(-c2cccc(CN(c3ccc(OC(F)(F)F)cc3)C3CCNCC3)c2)cc(OC)c1OC. The smallest absolute Gasteiger partial charge is 0.493 e. The lowest BCUT2D eigenvalue weighted by atomic mass is 9.99. The standard InChI is InChI=1S/C28H31F3N2O4/c1-34-25-16-21(17-26(35-2)27(25)36-3)20-6-4-5-19(15-20)18-33(23-11-13-32-14-12-23)22-7-9-24(10-8-22)37-28(29,30)31/h4-10,15-17,23,32H,11-14,18H2,1-3H3. The summed E-state index contributed by atoms with van der Waals surface area (Å²) in [5.41, 5.74) is 3.81. The van der Waals surface area contributed by atoms with E-state index in [1.165, 1.54) is 12.1 Å². The van der Waals surface area contributed by atoms with Crippen molar-refractivity contribution < 1.29 is 32.1 Å². The highest BCUT2D eigenvalue weighted by Crippen LogP contribution is 2.41. The summed E-state index contributed by atoms with van der Waals surface area (Å²) < 4.78 is 58.4. The third-order valence-electron chi connectivity index (χ3n) is 6.43. The number of ether oxygens (including phenoxy) is 4. The Morgan fingerprint density at radius 3 is 2.05 bits per heavy atom. The minimum atomic E-state index is -4.72. The molecule has 1 aliphatic rings. The summed E-state index contributed by atoms with van der Waals surface area (Å²) in [5, 5.41) is 3.38. The second-order valence-electron chi connectivity index (χ2n) is 8.77. The highest BCUT2D eigenvalue weighted by molar-refractivity contribution is 5.71. The van der Waals surface area contributed by atoms with Crippen molar-refractivity contribution in [3.63, 3.8) is 0 Å². The lowest BCUT2D eigenvalue weighted by Crippen LogP contribution is -2.43. The fourth-order valence-corrected chi connectivity index (χ4v) is 4.68. The van der Waals surface area contributed by atoms with E-state index in [0.717, 1.165) is 48.3 Å². The van der Waals surface area contributed by atoms with E-state index >= 15 is 0 Å². The van der Waals surface area contributed by atoms with Gasteiger partial charge in [0.2, 0.25) is 5.75 Å². The summed E-state index contributed by atoms with van der Waals surface area (Å²) >= 11 is 0. The molecule has 4 rings (SSSR count). The molecule has 0 amide bonds. The molecule has 1 aliphatic heterocycles. The first-order valence-corrected chi connectivity index (χ1v) is 12.0. The van der Waals surface area contributed by atoms with Crippen LogP contribution in [0.15, 0.2) is 60.7 Å². The summed E-state index contributed by atoms with van der Waals surface area (Å²) in [6, 6.07) is 18.3. The Balaban J connectivity index is 1.64. The highest BCUT2D eigenvalue weighted by atomic mass is 19.4. The Morgan fingerprint density at radius 1 is 0.838 bits per heavy atom. The van der Waals surface area contributed by atoms with E-state index in [0.29, 0.717) is 23.8 Å². The topological polar surface area (TPSA) is 52.2 Å². The molecule has 3 aromatic carbocycles. The van der Waals surface area contributed by atoms with Crippen LogP contribution >= 0.6 is 0 Å². The number of methoxy groups -OCH3 is 3. The zero-order chi connectivity index (χ0) is 26.4. The number of nitrogens with one attached hydrogen (secondary N) is 1. The minimum Gasteiger partial charge on any atom is -0.493 e. The van der Waals surface area contributed by atoms with Gasteiger partial charge in [0.05, 0.1) is 21.3 Å². The van der Waals surface area contributed by atoms with Gasteiger partial charge in [-0.2, -0.15) is 0 Å². The van der Waals surface area contributed by atoms with Gasteiger partial charge in [0.1, 0.15) is 5.75 Å². The first-order valence-electron chi connectivity index (χ1n) is 12.0. The van der Waals surface area contributed by atoms with Crippen LogP contribution in [-0.4, -0.2) is 46.8 Å². The number of alkyl halides is 3. The number of anilines is 1. The molecular formula is C28H31F3N2O4. The Kier molecular flexibility index (Phi) is 8.33. The number of hydrogen-bond acceptors (Lipinski definition) is 6.